The number of methoxy groups -OCH3 is 1. The van der Waals surface area contributed by atoms with Crippen LogP contribution in [-0.2, 0) is 5.41 Å². The maximum atomic E-state index is 9.88. The van der Waals surface area contributed by atoms with Crippen molar-refractivity contribution in [2.45, 2.75) is 26.2 Å². The van der Waals surface area contributed by atoms with Gasteiger partial charge in [0.05, 0.1) is 17.3 Å². The zero-order chi connectivity index (χ0) is 15.8. The number of nitrogens with zero attached hydrogens (tertiary/aromatic N) is 2. The van der Waals surface area contributed by atoms with Crippen molar-refractivity contribution in [3.63, 3.8) is 0 Å². The first-order valence-corrected chi connectivity index (χ1v) is 7.52. The number of hydrogen-bond donors (Lipinski definition) is 1. The standard InChI is InChI=1S/C15H16BrClN2O2/c1-15(2,3)12-11(16)13(17)19-14(18-12)8-5-6-10(21-4)9(20)7-8/h5-7,20H,1-4H3. The highest BCUT2D eigenvalue weighted by Gasteiger charge is 2.23. The van der Waals surface area contributed by atoms with E-state index in [2.05, 4.69) is 25.9 Å². The Balaban J connectivity index is 2.60. The zero-order valence-electron chi connectivity index (χ0n) is 12.2. The number of aromatic hydroxyl groups is 1. The van der Waals surface area contributed by atoms with E-state index in [1.165, 1.54) is 7.11 Å². The molecule has 0 radical (unpaired) electrons. The molecule has 1 aromatic heterocycles. The van der Waals surface area contributed by atoms with Crippen molar-refractivity contribution in [2.24, 2.45) is 0 Å². The van der Waals surface area contributed by atoms with E-state index in [9.17, 15) is 5.11 Å². The van der Waals surface area contributed by atoms with Crippen LogP contribution in [0.5, 0.6) is 11.5 Å². The van der Waals surface area contributed by atoms with Gasteiger partial charge in [0.25, 0.3) is 0 Å². The van der Waals surface area contributed by atoms with Crippen LogP contribution in [0.1, 0.15) is 26.5 Å². The van der Waals surface area contributed by atoms with Crippen molar-refractivity contribution in [1.82, 2.24) is 9.97 Å². The van der Waals surface area contributed by atoms with Gasteiger partial charge < -0.3 is 9.84 Å². The molecule has 6 heteroatoms. The molecular weight excluding hydrogens is 356 g/mol. The number of aromatic nitrogens is 2. The summed E-state index contributed by atoms with van der Waals surface area (Å²) in [6, 6.07) is 5.01. The van der Waals surface area contributed by atoms with E-state index in [1.807, 2.05) is 20.8 Å². The van der Waals surface area contributed by atoms with Crippen LogP contribution in [0.4, 0.5) is 0 Å². The molecule has 0 fully saturated rings. The summed E-state index contributed by atoms with van der Waals surface area (Å²) in [5.41, 5.74) is 1.30. The average molecular weight is 372 g/mol. The molecule has 0 saturated carbocycles. The highest BCUT2D eigenvalue weighted by Crippen LogP contribution is 2.35. The van der Waals surface area contributed by atoms with Gasteiger partial charge in [-0.05, 0) is 34.1 Å². The smallest absolute Gasteiger partial charge is 0.161 e. The van der Waals surface area contributed by atoms with E-state index in [-0.39, 0.29) is 11.2 Å². The van der Waals surface area contributed by atoms with Gasteiger partial charge in [-0.1, -0.05) is 32.4 Å². The first-order valence-electron chi connectivity index (χ1n) is 6.35. The summed E-state index contributed by atoms with van der Waals surface area (Å²) < 4.78 is 5.73. The number of rotatable bonds is 2. The van der Waals surface area contributed by atoms with Gasteiger partial charge in [-0.15, -0.1) is 0 Å². The Labute approximate surface area is 137 Å². The molecule has 0 aliphatic rings. The van der Waals surface area contributed by atoms with Crippen LogP contribution in [-0.4, -0.2) is 22.2 Å². The number of hydrogen-bond acceptors (Lipinski definition) is 4. The predicted molar refractivity (Wildman–Crippen MR) is 87.1 cm³/mol. The van der Waals surface area contributed by atoms with Crippen LogP contribution in [0.2, 0.25) is 5.15 Å². The molecule has 4 nitrogen and oxygen atoms in total. The average Bonchev–Trinajstić information content (AvgIpc) is 2.40. The molecular formula is C15H16BrClN2O2. The fourth-order valence-corrected chi connectivity index (χ4v) is 2.82. The third kappa shape index (κ3) is 3.30. The Morgan fingerprint density at radius 1 is 1.24 bits per heavy atom. The number of halogens is 2. The number of phenols is 1. The molecule has 1 heterocycles. The van der Waals surface area contributed by atoms with Crippen molar-refractivity contribution in [1.29, 1.82) is 0 Å². The fourth-order valence-electron chi connectivity index (χ4n) is 1.87. The quantitative estimate of drug-likeness (QED) is 0.786. The van der Waals surface area contributed by atoms with Crippen LogP contribution in [0, 0.1) is 0 Å². The van der Waals surface area contributed by atoms with E-state index in [0.29, 0.717) is 26.8 Å². The van der Waals surface area contributed by atoms with E-state index in [0.717, 1.165) is 5.69 Å². The first kappa shape index (κ1) is 16.0. The van der Waals surface area contributed by atoms with Gasteiger partial charge >= 0.3 is 0 Å². The maximum Gasteiger partial charge on any atom is 0.161 e. The second-order valence-electron chi connectivity index (χ2n) is 5.64. The highest BCUT2D eigenvalue weighted by atomic mass is 79.9. The summed E-state index contributed by atoms with van der Waals surface area (Å²) in [4.78, 5) is 8.85. The second-order valence-corrected chi connectivity index (χ2v) is 6.79. The summed E-state index contributed by atoms with van der Waals surface area (Å²) in [6.45, 7) is 6.14. The third-order valence-corrected chi connectivity index (χ3v) is 4.21. The van der Waals surface area contributed by atoms with Gasteiger partial charge in [-0.25, -0.2) is 9.97 Å². The minimum Gasteiger partial charge on any atom is -0.504 e. The molecule has 112 valence electrons. The predicted octanol–water partition coefficient (Wildman–Crippen LogP) is 4.57. The minimum atomic E-state index is -0.186. The van der Waals surface area contributed by atoms with Crippen LogP contribution in [0.25, 0.3) is 11.4 Å². The van der Waals surface area contributed by atoms with E-state index in [4.69, 9.17) is 16.3 Å². The first-order chi connectivity index (χ1) is 9.74. The molecule has 2 aromatic rings. The second kappa shape index (κ2) is 5.81. The lowest BCUT2D eigenvalue weighted by molar-refractivity contribution is 0.373. The van der Waals surface area contributed by atoms with Gasteiger partial charge in [-0.3, -0.25) is 0 Å². The Hall–Kier alpha value is -1.33. The summed E-state index contributed by atoms with van der Waals surface area (Å²) >= 11 is 9.62. The Kier molecular flexibility index (Phi) is 4.44. The SMILES string of the molecule is COc1ccc(-c2nc(Cl)c(Br)c(C(C)(C)C)n2)cc1O. The minimum absolute atomic E-state index is 0.0370. The summed E-state index contributed by atoms with van der Waals surface area (Å²) in [7, 11) is 1.50. The van der Waals surface area contributed by atoms with Crippen molar-refractivity contribution < 1.29 is 9.84 Å². The van der Waals surface area contributed by atoms with Crippen molar-refractivity contribution in [3.05, 3.63) is 33.5 Å². The van der Waals surface area contributed by atoms with E-state index in [1.54, 1.807) is 18.2 Å². The Bertz CT molecular complexity index is 684. The van der Waals surface area contributed by atoms with Crippen LogP contribution in [0.15, 0.2) is 22.7 Å². The number of phenolic OH excluding ortho intramolecular Hbond substituents is 1. The van der Waals surface area contributed by atoms with Gasteiger partial charge in [0.1, 0.15) is 5.15 Å². The molecule has 0 saturated heterocycles. The van der Waals surface area contributed by atoms with Gasteiger partial charge in [-0.2, -0.15) is 0 Å². The van der Waals surface area contributed by atoms with Gasteiger partial charge in [0, 0.05) is 11.0 Å². The summed E-state index contributed by atoms with van der Waals surface area (Å²) in [5, 5.41) is 10.2. The lowest BCUT2D eigenvalue weighted by Crippen LogP contribution is -2.16. The monoisotopic (exact) mass is 370 g/mol. The van der Waals surface area contributed by atoms with E-state index >= 15 is 0 Å². The van der Waals surface area contributed by atoms with Crippen LogP contribution in [0.3, 0.4) is 0 Å². The fraction of sp³-hybridized carbons (Fsp3) is 0.333. The lowest BCUT2D eigenvalue weighted by Gasteiger charge is -2.20. The topological polar surface area (TPSA) is 55.2 Å². The van der Waals surface area contributed by atoms with Crippen LogP contribution < -0.4 is 4.74 Å². The molecule has 0 spiro atoms. The molecule has 0 aliphatic carbocycles. The van der Waals surface area contributed by atoms with E-state index < -0.39 is 0 Å². The lowest BCUT2D eigenvalue weighted by atomic mass is 9.92. The van der Waals surface area contributed by atoms with Crippen molar-refractivity contribution >= 4 is 27.5 Å². The largest absolute Gasteiger partial charge is 0.504 e. The van der Waals surface area contributed by atoms with Gasteiger partial charge in [0.15, 0.2) is 17.3 Å². The molecule has 1 N–H and O–H groups in total. The highest BCUT2D eigenvalue weighted by molar-refractivity contribution is 9.10. The normalized spacial score (nSPS) is 11.5. The summed E-state index contributed by atoms with van der Waals surface area (Å²) in [5.74, 6) is 0.902. The molecule has 0 aliphatic heterocycles. The van der Waals surface area contributed by atoms with Crippen molar-refractivity contribution in [2.75, 3.05) is 7.11 Å². The molecule has 1 aromatic carbocycles. The zero-order valence-corrected chi connectivity index (χ0v) is 14.6. The maximum absolute atomic E-state index is 9.88. The molecule has 0 unspecified atom stereocenters. The van der Waals surface area contributed by atoms with Crippen LogP contribution >= 0.6 is 27.5 Å². The van der Waals surface area contributed by atoms with Crippen molar-refractivity contribution in [3.8, 4) is 22.9 Å². The Morgan fingerprint density at radius 3 is 2.43 bits per heavy atom. The number of ether oxygens (including phenoxy) is 1. The van der Waals surface area contributed by atoms with Gasteiger partial charge in [0.2, 0.25) is 0 Å². The summed E-state index contributed by atoms with van der Waals surface area (Å²) in [6.07, 6.45) is 0. The Morgan fingerprint density at radius 2 is 1.90 bits per heavy atom. The molecule has 0 bridgehead atoms. The third-order valence-electron chi connectivity index (χ3n) is 2.96. The molecule has 0 amide bonds. The number of benzene rings is 1. The molecule has 21 heavy (non-hydrogen) atoms. The molecule has 0 atom stereocenters. The molecule has 2 rings (SSSR count).